The third-order valence-corrected chi connectivity index (χ3v) is 5.94. The molecular weight excluding hydrogens is 268 g/mol. The normalized spacial score (nSPS) is 28.2. The van der Waals surface area contributed by atoms with Gasteiger partial charge in [-0.05, 0) is 44.9 Å². The van der Waals surface area contributed by atoms with Gasteiger partial charge in [-0.1, -0.05) is 0 Å². The molecule has 1 N–H and O–H groups in total. The number of carboxylic acid groups (broad SMARTS) is 1. The molecule has 0 aromatic rings. The summed E-state index contributed by atoms with van der Waals surface area (Å²) in [4.78, 5) is 10.8. The van der Waals surface area contributed by atoms with Crippen LogP contribution < -0.4 is 0 Å². The van der Waals surface area contributed by atoms with Gasteiger partial charge in [-0.2, -0.15) is 0 Å². The average molecular weight is 290 g/mol. The molecule has 2 aliphatic rings. The van der Waals surface area contributed by atoms with Crippen molar-refractivity contribution in [2.24, 2.45) is 5.41 Å². The van der Waals surface area contributed by atoms with Gasteiger partial charge in [0.25, 0.3) is 0 Å². The zero-order valence-electron chi connectivity index (χ0n) is 11.5. The summed E-state index contributed by atoms with van der Waals surface area (Å²) >= 11 is 0. The largest absolute Gasteiger partial charge is 0.481 e. The number of rotatable bonds is 6. The number of aliphatic carboxylic acids is 1. The van der Waals surface area contributed by atoms with Gasteiger partial charge in [0.1, 0.15) is 0 Å². The van der Waals surface area contributed by atoms with Crippen molar-refractivity contribution in [2.75, 3.05) is 11.5 Å². The Hall–Kier alpha value is -0.620. The van der Waals surface area contributed by atoms with Gasteiger partial charge in [0.15, 0.2) is 9.84 Å². The minimum atomic E-state index is -3.24. The van der Waals surface area contributed by atoms with Gasteiger partial charge in [0.2, 0.25) is 0 Å². The van der Waals surface area contributed by atoms with E-state index in [1.54, 1.807) is 0 Å². The smallest absolute Gasteiger partial charge is 0.303 e. The Bertz CT molecular complexity index is 461. The lowest BCUT2D eigenvalue weighted by Crippen LogP contribution is -2.29. The number of sulfone groups is 1. The van der Waals surface area contributed by atoms with E-state index in [-0.39, 0.29) is 29.6 Å². The highest BCUT2D eigenvalue weighted by Gasteiger charge is 2.48. The molecule has 1 saturated heterocycles. The highest BCUT2D eigenvalue weighted by molar-refractivity contribution is 7.91. The minimum Gasteiger partial charge on any atom is -0.481 e. The van der Waals surface area contributed by atoms with Gasteiger partial charge < -0.3 is 9.84 Å². The predicted molar refractivity (Wildman–Crippen MR) is 70.8 cm³/mol. The van der Waals surface area contributed by atoms with Crippen LogP contribution in [0, 0.1) is 5.41 Å². The minimum absolute atomic E-state index is 0.00735. The van der Waals surface area contributed by atoms with E-state index in [2.05, 4.69) is 0 Å². The third kappa shape index (κ3) is 4.18. The van der Waals surface area contributed by atoms with Crippen LogP contribution in [0.25, 0.3) is 0 Å². The van der Waals surface area contributed by atoms with Crippen molar-refractivity contribution in [3.05, 3.63) is 0 Å². The standard InChI is InChI=1S/C13H22O5S/c1-12(2)4-3-10(18-12)8-19(16,17)9-13(5-6-13)7-11(14)15/h10H,3-9H2,1-2H3,(H,14,15). The highest BCUT2D eigenvalue weighted by Crippen LogP contribution is 2.50. The predicted octanol–water partition coefficient (Wildman–Crippen LogP) is 1.61. The van der Waals surface area contributed by atoms with E-state index < -0.39 is 21.2 Å². The number of hydrogen-bond donors (Lipinski definition) is 1. The molecule has 0 aromatic heterocycles. The lowest BCUT2D eigenvalue weighted by Gasteiger charge is -2.20. The fraction of sp³-hybridized carbons (Fsp3) is 0.923. The first-order chi connectivity index (χ1) is 8.62. The van der Waals surface area contributed by atoms with Crippen molar-refractivity contribution >= 4 is 15.8 Å². The maximum Gasteiger partial charge on any atom is 0.303 e. The average Bonchev–Trinajstić information content (AvgIpc) is 2.81. The lowest BCUT2D eigenvalue weighted by molar-refractivity contribution is -0.138. The van der Waals surface area contributed by atoms with E-state index in [0.29, 0.717) is 12.8 Å². The van der Waals surface area contributed by atoms with Gasteiger partial charge in [-0.3, -0.25) is 4.79 Å². The molecule has 1 heterocycles. The second kappa shape index (κ2) is 4.74. The van der Waals surface area contributed by atoms with E-state index in [9.17, 15) is 13.2 Å². The molecule has 0 bridgehead atoms. The quantitative estimate of drug-likeness (QED) is 0.804. The Balaban J connectivity index is 1.91. The summed E-state index contributed by atoms with van der Waals surface area (Å²) in [5.74, 6) is -0.893. The Kier molecular flexibility index (Phi) is 3.68. The summed E-state index contributed by atoms with van der Waals surface area (Å²) in [6.07, 6.45) is 2.76. The van der Waals surface area contributed by atoms with E-state index in [4.69, 9.17) is 9.84 Å². The molecule has 1 unspecified atom stereocenters. The van der Waals surface area contributed by atoms with Crippen LogP contribution in [-0.2, 0) is 19.4 Å². The fourth-order valence-corrected chi connectivity index (χ4v) is 5.12. The molecule has 5 nitrogen and oxygen atoms in total. The van der Waals surface area contributed by atoms with Crippen LogP contribution in [0.15, 0.2) is 0 Å². The summed E-state index contributed by atoms with van der Waals surface area (Å²) in [6, 6.07) is 0. The molecule has 0 amide bonds. The summed E-state index contributed by atoms with van der Waals surface area (Å²) < 4.78 is 30.0. The summed E-state index contributed by atoms with van der Waals surface area (Å²) in [5.41, 5.74) is -0.739. The molecular formula is C13H22O5S. The van der Waals surface area contributed by atoms with E-state index >= 15 is 0 Å². The fourth-order valence-electron chi connectivity index (χ4n) is 2.87. The summed E-state index contributed by atoms with van der Waals surface area (Å²) in [6.45, 7) is 3.93. The molecule has 1 aliphatic carbocycles. The van der Waals surface area contributed by atoms with Crippen molar-refractivity contribution in [1.29, 1.82) is 0 Å². The van der Waals surface area contributed by atoms with Gasteiger partial charge in [0.05, 0.1) is 29.6 Å². The van der Waals surface area contributed by atoms with Gasteiger partial charge in [-0.25, -0.2) is 8.42 Å². The molecule has 2 rings (SSSR count). The molecule has 110 valence electrons. The first-order valence-corrected chi connectivity index (χ1v) is 8.54. The molecule has 1 atom stereocenters. The molecule has 6 heteroatoms. The van der Waals surface area contributed by atoms with Crippen molar-refractivity contribution in [1.82, 2.24) is 0 Å². The highest BCUT2D eigenvalue weighted by atomic mass is 32.2. The molecule has 0 radical (unpaired) electrons. The Morgan fingerprint density at radius 1 is 1.32 bits per heavy atom. The third-order valence-electron chi connectivity index (χ3n) is 4.00. The number of hydrogen-bond acceptors (Lipinski definition) is 4. The maximum atomic E-state index is 12.2. The molecule has 1 aliphatic heterocycles. The Labute approximate surface area is 114 Å². The van der Waals surface area contributed by atoms with E-state index in [1.165, 1.54) is 0 Å². The van der Waals surface area contributed by atoms with E-state index in [0.717, 1.165) is 12.8 Å². The number of carboxylic acids is 1. The van der Waals surface area contributed by atoms with Gasteiger partial charge >= 0.3 is 5.97 Å². The zero-order valence-corrected chi connectivity index (χ0v) is 12.3. The maximum absolute atomic E-state index is 12.2. The van der Waals surface area contributed by atoms with Crippen LogP contribution in [0.4, 0.5) is 0 Å². The summed E-state index contributed by atoms with van der Waals surface area (Å²) in [7, 11) is -3.24. The molecule has 2 fully saturated rings. The number of carbonyl (C=O) groups is 1. The van der Waals surface area contributed by atoms with Crippen LogP contribution >= 0.6 is 0 Å². The topological polar surface area (TPSA) is 80.7 Å². The molecule has 0 spiro atoms. The van der Waals surface area contributed by atoms with E-state index in [1.807, 2.05) is 13.8 Å². The lowest BCUT2D eigenvalue weighted by atomic mass is 10.1. The first kappa shape index (κ1) is 14.8. The molecule has 19 heavy (non-hydrogen) atoms. The molecule has 1 saturated carbocycles. The van der Waals surface area contributed by atoms with Crippen LogP contribution in [-0.4, -0.2) is 42.7 Å². The zero-order chi connectivity index (χ0) is 14.3. The van der Waals surface area contributed by atoms with Crippen LogP contribution in [0.1, 0.15) is 46.0 Å². The van der Waals surface area contributed by atoms with Crippen molar-refractivity contribution in [3.63, 3.8) is 0 Å². The van der Waals surface area contributed by atoms with Crippen LogP contribution in [0.5, 0.6) is 0 Å². The van der Waals surface area contributed by atoms with Crippen LogP contribution in [0.3, 0.4) is 0 Å². The Morgan fingerprint density at radius 2 is 1.95 bits per heavy atom. The number of ether oxygens (including phenoxy) is 1. The second-order valence-corrected chi connectivity index (χ2v) is 8.77. The summed E-state index contributed by atoms with van der Waals surface area (Å²) in [5, 5.41) is 8.82. The SMILES string of the molecule is CC1(C)CCC(CS(=O)(=O)CC2(CC(=O)O)CC2)O1. The van der Waals surface area contributed by atoms with Crippen molar-refractivity contribution in [2.45, 2.75) is 57.7 Å². The monoisotopic (exact) mass is 290 g/mol. The molecule has 0 aromatic carbocycles. The Morgan fingerprint density at radius 3 is 2.37 bits per heavy atom. The van der Waals surface area contributed by atoms with Gasteiger partial charge in [0, 0.05) is 0 Å². The van der Waals surface area contributed by atoms with Crippen molar-refractivity contribution in [3.8, 4) is 0 Å². The first-order valence-electron chi connectivity index (χ1n) is 6.72. The van der Waals surface area contributed by atoms with Crippen LogP contribution in [0.2, 0.25) is 0 Å². The van der Waals surface area contributed by atoms with Gasteiger partial charge in [-0.15, -0.1) is 0 Å². The second-order valence-electron chi connectivity index (χ2n) is 6.66. The van der Waals surface area contributed by atoms with Crippen molar-refractivity contribution < 1.29 is 23.1 Å².